The summed E-state index contributed by atoms with van der Waals surface area (Å²) < 4.78 is 5.44. The van der Waals surface area contributed by atoms with E-state index >= 15 is 0 Å². The second kappa shape index (κ2) is 4.89. The molecule has 20 heavy (non-hydrogen) atoms. The Kier molecular flexibility index (Phi) is 3.06. The van der Waals surface area contributed by atoms with Crippen molar-refractivity contribution in [1.29, 1.82) is 0 Å². The number of para-hydroxylation sites is 1. The maximum atomic E-state index is 12.2. The molecule has 3 rings (SSSR count). The van der Waals surface area contributed by atoms with Crippen LogP contribution in [0, 0.1) is 6.92 Å². The second-order valence-corrected chi connectivity index (χ2v) is 4.89. The maximum Gasteiger partial charge on any atom is 0.265 e. The van der Waals surface area contributed by atoms with Crippen LogP contribution < -0.4 is 15.4 Å². The summed E-state index contributed by atoms with van der Waals surface area (Å²) in [5.74, 6) is 0.594. The summed E-state index contributed by atoms with van der Waals surface area (Å²) >= 11 is 0. The van der Waals surface area contributed by atoms with Crippen molar-refractivity contribution in [3.8, 4) is 5.75 Å². The Labute approximate surface area is 117 Å². The minimum Gasteiger partial charge on any atom is -0.481 e. The first-order valence-electron chi connectivity index (χ1n) is 6.53. The van der Waals surface area contributed by atoms with Crippen LogP contribution in [-0.4, -0.2) is 12.5 Å². The van der Waals surface area contributed by atoms with E-state index < -0.39 is 0 Å². The van der Waals surface area contributed by atoms with Crippen molar-refractivity contribution in [2.45, 2.75) is 13.5 Å². The highest BCUT2D eigenvalue weighted by Crippen LogP contribution is 2.38. The monoisotopic (exact) mass is 268 g/mol. The average Bonchev–Trinajstić information content (AvgIpc) is 2.44. The highest BCUT2D eigenvalue weighted by molar-refractivity contribution is 6.01. The van der Waals surface area contributed by atoms with Crippen molar-refractivity contribution in [2.24, 2.45) is 0 Å². The molecule has 0 saturated carbocycles. The molecule has 0 fully saturated rings. The van der Waals surface area contributed by atoms with Gasteiger partial charge in [0.1, 0.15) is 11.4 Å². The highest BCUT2D eigenvalue weighted by atomic mass is 16.5. The predicted molar refractivity (Wildman–Crippen MR) is 78.7 cm³/mol. The number of nitrogens with two attached hydrogens (primary N) is 1. The van der Waals surface area contributed by atoms with Gasteiger partial charge in [0.25, 0.3) is 5.91 Å². The van der Waals surface area contributed by atoms with E-state index in [0.717, 1.165) is 11.1 Å². The zero-order chi connectivity index (χ0) is 14.1. The molecule has 4 heteroatoms. The van der Waals surface area contributed by atoms with Crippen LogP contribution in [0.3, 0.4) is 0 Å². The van der Waals surface area contributed by atoms with Gasteiger partial charge in [-0.25, -0.2) is 0 Å². The number of ether oxygens (including phenoxy) is 1. The zero-order valence-corrected chi connectivity index (χ0v) is 11.3. The Morgan fingerprint density at radius 1 is 1.20 bits per heavy atom. The van der Waals surface area contributed by atoms with Crippen LogP contribution in [0.1, 0.15) is 11.1 Å². The minimum absolute atomic E-state index is 0.0579. The van der Waals surface area contributed by atoms with Gasteiger partial charge in [-0.2, -0.15) is 0 Å². The van der Waals surface area contributed by atoms with Crippen LogP contribution in [0.4, 0.5) is 11.4 Å². The summed E-state index contributed by atoms with van der Waals surface area (Å²) in [6, 6.07) is 13.5. The number of anilines is 2. The second-order valence-electron chi connectivity index (χ2n) is 4.89. The molecule has 0 atom stereocenters. The Balaban J connectivity index is 2.02. The smallest absolute Gasteiger partial charge is 0.265 e. The molecule has 2 aromatic rings. The molecular formula is C16H16N2O2. The first kappa shape index (κ1) is 12.5. The molecule has 0 aliphatic carbocycles. The summed E-state index contributed by atoms with van der Waals surface area (Å²) in [4.78, 5) is 13.9. The standard InChI is InChI=1S/C16H16N2O2/c1-11-5-2-3-6-12(11)9-18-15(19)10-20-14-8-4-7-13(17)16(14)18/h2-8H,9-10,17H2,1H3. The molecule has 2 N–H and O–H groups in total. The van der Waals surface area contributed by atoms with E-state index in [0.29, 0.717) is 23.7 Å². The normalized spacial score (nSPS) is 13.8. The van der Waals surface area contributed by atoms with E-state index in [9.17, 15) is 4.79 Å². The molecule has 0 bridgehead atoms. The topological polar surface area (TPSA) is 55.6 Å². The van der Waals surface area contributed by atoms with Crippen LogP contribution in [0.15, 0.2) is 42.5 Å². The van der Waals surface area contributed by atoms with Crippen LogP contribution in [-0.2, 0) is 11.3 Å². The number of rotatable bonds is 2. The van der Waals surface area contributed by atoms with Crippen molar-refractivity contribution < 1.29 is 9.53 Å². The molecule has 0 spiro atoms. The van der Waals surface area contributed by atoms with Crippen molar-refractivity contribution in [2.75, 3.05) is 17.2 Å². The fourth-order valence-electron chi connectivity index (χ4n) is 2.41. The third kappa shape index (κ3) is 2.09. The lowest BCUT2D eigenvalue weighted by Crippen LogP contribution is -2.38. The number of fused-ring (bicyclic) bond motifs is 1. The third-order valence-electron chi connectivity index (χ3n) is 3.54. The lowest BCUT2D eigenvalue weighted by atomic mass is 10.1. The SMILES string of the molecule is Cc1ccccc1CN1C(=O)COc2cccc(N)c21. The number of amides is 1. The van der Waals surface area contributed by atoms with Gasteiger partial charge in [0.2, 0.25) is 0 Å². The van der Waals surface area contributed by atoms with Gasteiger partial charge in [0.15, 0.2) is 6.61 Å². The fraction of sp³-hybridized carbons (Fsp3) is 0.188. The first-order valence-corrected chi connectivity index (χ1v) is 6.53. The van der Waals surface area contributed by atoms with E-state index in [1.54, 1.807) is 11.0 Å². The van der Waals surface area contributed by atoms with E-state index in [2.05, 4.69) is 0 Å². The average molecular weight is 268 g/mol. The van der Waals surface area contributed by atoms with Gasteiger partial charge in [-0.05, 0) is 30.2 Å². The lowest BCUT2D eigenvalue weighted by Gasteiger charge is -2.30. The van der Waals surface area contributed by atoms with E-state index in [1.165, 1.54) is 0 Å². The van der Waals surface area contributed by atoms with Gasteiger partial charge in [0.05, 0.1) is 12.2 Å². The van der Waals surface area contributed by atoms with Gasteiger partial charge in [-0.1, -0.05) is 30.3 Å². The summed E-state index contributed by atoms with van der Waals surface area (Å²) in [6.07, 6.45) is 0. The van der Waals surface area contributed by atoms with Gasteiger partial charge >= 0.3 is 0 Å². The number of carbonyl (C=O) groups excluding carboxylic acids is 1. The van der Waals surface area contributed by atoms with Gasteiger partial charge in [-0.3, -0.25) is 9.69 Å². The van der Waals surface area contributed by atoms with Crippen molar-refractivity contribution >= 4 is 17.3 Å². The summed E-state index contributed by atoms with van der Waals surface area (Å²) in [5, 5.41) is 0. The summed E-state index contributed by atoms with van der Waals surface area (Å²) in [5.41, 5.74) is 9.51. The van der Waals surface area contributed by atoms with E-state index in [1.807, 2.05) is 43.3 Å². The third-order valence-corrected chi connectivity index (χ3v) is 3.54. The van der Waals surface area contributed by atoms with Gasteiger partial charge in [0, 0.05) is 0 Å². The minimum atomic E-state index is -0.0707. The van der Waals surface area contributed by atoms with Crippen molar-refractivity contribution in [1.82, 2.24) is 0 Å². The Morgan fingerprint density at radius 3 is 2.80 bits per heavy atom. The molecule has 102 valence electrons. The molecule has 4 nitrogen and oxygen atoms in total. The number of hydrogen-bond acceptors (Lipinski definition) is 3. The molecular weight excluding hydrogens is 252 g/mol. The maximum absolute atomic E-state index is 12.2. The van der Waals surface area contributed by atoms with Crippen molar-refractivity contribution in [3.63, 3.8) is 0 Å². The molecule has 0 saturated heterocycles. The summed E-state index contributed by atoms with van der Waals surface area (Å²) in [7, 11) is 0. The zero-order valence-electron chi connectivity index (χ0n) is 11.3. The summed E-state index contributed by atoms with van der Waals surface area (Å²) in [6.45, 7) is 2.61. The number of nitrogen functional groups attached to an aromatic ring is 1. The number of benzene rings is 2. The fourth-order valence-corrected chi connectivity index (χ4v) is 2.41. The number of hydrogen-bond donors (Lipinski definition) is 1. The van der Waals surface area contributed by atoms with Crippen LogP contribution in [0.25, 0.3) is 0 Å². The predicted octanol–water partition coefficient (Wildman–Crippen LogP) is 2.50. The molecule has 0 unspecified atom stereocenters. The quantitative estimate of drug-likeness (QED) is 0.851. The van der Waals surface area contributed by atoms with Crippen molar-refractivity contribution in [3.05, 3.63) is 53.6 Å². The Morgan fingerprint density at radius 2 is 2.00 bits per heavy atom. The van der Waals surface area contributed by atoms with Gasteiger partial charge in [-0.15, -0.1) is 0 Å². The number of aryl methyl sites for hydroxylation is 1. The Hall–Kier alpha value is -2.49. The van der Waals surface area contributed by atoms with Crippen LogP contribution >= 0.6 is 0 Å². The highest BCUT2D eigenvalue weighted by Gasteiger charge is 2.27. The molecule has 1 aliphatic rings. The lowest BCUT2D eigenvalue weighted by molar-refractivity contribution is -0.121. The molecule has 1 aliphatic heterocycles. The largest absolute Gasteiger partial charge is 0.481 e. The van der Waals surface area contributed by atoms with E-state index in [4.69, 9.17) is 10.5 Å². The molecule has 1 amide bonds. The number of nitrogens with zero attached hydrogens (tertiary/aromatic N) is 1. The molecule has 1 heterocycles. The molecule has 0 radical (unpaired) electrons. The number of carbonyl (C=O) groups is 1. The van der Waals surface area contributed by atoms with Crippen LogP contribution in [0.5, 0.6) is 5.75 Å². The Bertz CT molecular complexity index is 667. The molecule has 0 aromatic heterocycles. The van der Waals surface area contributed by atoms with Crippen LogP contribution in [0.2, 0.25) is 0 Å². The van der Waals surface area contributed by atoms with E-state index in [-0.39, 0.29) is 12.5 Å². The van der Waals surface area contributed by atoms with Gasteiger partial charge < -0.3 is 10.5 Å². The molecule has 2 aromatic carbocycles. The first-order chi connectivity index (χ1) is 9.66.